The maximum absolute atomic E-state index is 11.6. The van der Waals surface area contributed by atoms with Gasteiger partial charge in [0.25, 0.3) is 0 Å². The van der Waals surface area contributed by atoms with Crippen LogP contribution >= 0.6 is 11.3 Å². The summed E-state index contributed by atoms with van der Waals surface area (Å²) in [5.41, 5.74) is 5.66. The fourth-order valence-electron chi connectivity index (χ4n) is 1.26. The maximum Gasteiger partial charge on any atom is 0.180 e. The first-order valence-electron chi connectivity index (χ1n) is 4.67. The molecule has 0 saturated carbocycles. The molecule has 0 amide bonds. The molecule has 0 atom stereocenters. The highest BCUT2D eigenvalue weighted by Gasteiger charge is 2.23. The van der Waals surface area contributed by atoms with Crippen molar-refractivity contribution in [2.24, 2.45) is 0 Å². The number of nitrogens with one attached hydrogen (secondary N) is 1. The van der Waals surface area contributed by atoms with Gasteiger partial charge in [-0.05, 0) is 0 Å². The summed E-state index contributed by atoms with van der Waals surface area (Å²) in [5.74, 6) is 0. The first-order valence-corrected chi connectivity index (χ1v) is 7.37. The molecule has 0 bridgehead atoms. The molecule has 0 spiro atoms. The highest BCUT2D eigenvalue weighted by atomic mass is 32.2. The molecule has 0 aliphatic carbocycles. The standard InChI is InChI=1S/C9H13N3O3S2/c1-15-4-3-12-9-8(17(2,13)14)7(11)6(5-10)16-9/h12H,3-4,11H2,1-2H3. The molecule has 1 rings (SSSR count). The molecule has 0 radical (unpaired) electrons. The lowest BCUT2D eigenvalue weighted by atomic mass is 10.4. The Morgan fingerprint density at radius 1 is 1.59 bits per heavy atom. The molecule has 0 fully saturated rings. The molecule has 1 aromatic rings. The van der Waals surface area contributed by atoms with Crippen LogP contribution in [0.4, 0.5) is 10.7 Å². The predicted octanol–water partition coefficient (Wildman–Crippen LogP) is 0.664. The summed E-state index contributed by atoms with van der Waals surface area (Å²) < 4.78 is 28.0. The summed E-state index contributed by atoms with van der Waals surface area (Å²) in [6.07, 6.45) is 1.06. The Balaban J connectivity index is 3.17. The lowest BCUT2D eigenvalue weighted by Gasteiger charge is -2.05. The van der Waals surface area contributed by atoms with E-state index < -0.39 is 9.84 Å². The summed E-state index contributed by atoms with van der Waals surface area (Å²) in [6.45, 7) is 0.882. The predicted molar refractivity (Wildman–Crippen MR) is 66.9 cm³/mol. The molecule has 0 saturated heterocycles. The highest BCUT2D eigenvalue weighted by Crippen LogP contribution is 2.38. The summed E-state index contributed by atoms with van der Waals surface area (Å²) in [6, 6.07) is 1.88. The van der Waals surface area contributed by atoms with E-state index in [1.54, 1.807) is 7.11 Å². The number of hydrogen-bond donors (Lipinski definition) is 2. The molecule has 1 heterocycles. The third kappa shape index (κ3) is 3.09. The average molecular weight is 275 g/mol. The smallest absolute Gasteiger partial charge is 0.180 e. The monoisotopic (exact) mass is 275 g/mol. The molecule has 6 nitrogen and oxygen atoms in total. The summed E-state index contributed by atoms with van der Waals surface area (Å²) >= 11 is 1.03. The minimum atomic E-state index is -3.46. The maximum atomic E-state index is 11.6. The van der Waals surface area contributed by atoms with Crippen molar-refractivity contribution in [2.45, 2.75) is 4.90 Å². The summed E-state index contributed by atoms with van der Waals surface area (Å²) in [5, 5.41) is 12.1. The van der Waals surface area contributed by atoms with Crippen LogP contribution in [0.3, 0.4) is 0 Å². The van der Waals surface area contributed by atoms with Gasteiger partial charge in [0, 0.05) is 19.9 Å². The van der Waals surface area contributed by atoms with Crippen LogP contribution in [0.25, 0.3) is 0 Å². The van der Waals surface area contributed by atoms with Crippen molar-refractivity contribution in [3.63, 3.8) is 0 Å². The third-order valence-electron chi connectivity index (χ3n) is 1.96. The molecule has 1 aromatic heterocycles. The summed E-state index contributed by atoms with van der Waals surface area (Å²) in [4.78, 5) is 0.195. The minimum Gasteiger partial charge on any atom is -0.396 e. The lowest BCUT2D eigenvalue weighted by molar-refractivity contribution is 0.211. The molecule has 0 aromatic carbocycles. The summed E-state index contributed by atoms with van der Waals surface area (Å²) in [7, 11) is -1.92. The zero-order valence-corrected chi connectivity index (χ0v) is 11.1. The van der Waals surface area contributed by atoms with Crippen LogP contribution in [0.15, 0.2) is 4.90 Å². The molecule has 0 aliphatic rings. The molecule has 8 heteroatoms. The number of hydrogen-bond acceptors (Lipinski definition) is 7. The molecule has 17 heavy (non-hydrogen) atoms. The lowest BCUT2D eigenvalue weighted by Crippen LogP contribution is -2.10. The van der Waals surface area contributed by atoms with E-state index in [1.807, 2.05) is 6.07 Å². The Morgan fingerprint density at radius 2 is 2.24 bits per heavy atom. The van der Waals surface area contributed by atoms with E-state index in [-0.39, 0.29) is 15.5 Å². The number of sulfone groups is 1. The zero-order chi connectivity index (χ0) is 13.1. The number of ether oxygens (including phenoxy) is 1. The fourth-order valence-corrected chi connectivity index (χ4v) is 3.66. The van der Waals surface area contributed by atoms with E-state index in [0.717, 1.165) is 17.6 Å². The Hall–Kier alpha value is -1.30. The van der Waals surface area contributed by atoms with Crippen molar-refractivity contribution in [3.05, 3.63) is 4.88 Å². The SMILES string of the molecule is COCCNc1sc(C#N)c(N)c1S(C)(=O)=O. The topological polar surface area (TPSA) is 105 Å². The van der Waals surface area contributed by atoms with E-state index in [4.69, 9.17) is 15.7 Å². The van der Waals surface area contributed by atoms with Gasteiger partial charge in [-0.15, -0.1) is 11.3 Å². The van der Waals surface area contributed by atoms with Crippen LogP contribution in [0, 0.1) is 11.3 Å². The minimum absolute atomic E-state index is 0.00449. The normalized spacial score (nSPS) is 11.1. The van der Waals surface area contributed by atoms with Crippen LogP contribution in [0.2, 0.25) is 0 Å². The van der Waals surface area contributed by atoms with Crippen LogP contribution in [-0.4, -0.2) is 34.9 Å². The van der Waals surface area contributed by atoms with E-state index in [9.17, 15) is 8.42 Å². The second kappa shape index (κ2) is 5.35. The van der Waals surface area contributed by atoms with Crippen molar-refractivity contribution < 1.29 is 13.2 Å². The van der Waals surface area contributed by atoms with Gasteiger partial charge in [0.1, 0.15) is 20.8 Å². The Kier molecular flexibility index (Phi) is 4.34. The van der Waals surface area contributed by atoms with Crippen LogP contribution in [0.5, 0.6) is 0 Å². The number of rotatable bonds is 5. The molecule has 94 valence electrons. The van der Waals surface area contributed by atoms with Crippen molar-refractivity contribution in [3.8, 4) is 6.07 Å². The molecular formula is C9H13N3O3S2. The van der Waals surface area contributed by atoms with E-state index in [1.165, 1.54) is 0 Å². The first kappa shape index (κ1) is 13.8. The Morgan fingerprint density at radius 3 is 2.71 bits per heavy atom. The van der Waals surface area contributed by atoms with Crippen LogP contribution in [-0.2, 0) is 14.6 Å². The zero-order valence-electron chi connectivity index (χ0n) is 9.48. The van der Waals surface area contributed by atoms with Gasteiger partial charge < -0.3 is 15.8 Å². The molecule has 0 unspecified atom stereocenters. The van der Waals surface area contributed by atoms with Gasteiger partial charge >= 0.3 is 0 Å². The quantitative estimate of drug-likeness (QED) is 0.765. The third-order valence-corrected chi connectivity index (χ3v) is 4.33. The van der Waals surface area contributed by atoms with Gasteiger partial charge in [-0.1, -0.05) is 0 Å². The fraction of sp³-hybridized carbons (Fsp3) is 0.444. The van der Waals surface area contributed by atoms with E-state index >= 15 is 0 Å². The first-order chi connectivity index (χ1) is 7.91. The number of anilines is 2. The van der Waals surface area contributed by atoms with E-state index in [2.05, 4.69) is 5.32 Å². The van der Waals surface area contributed by atoms with Crippen LogP contribution < -0.4 is 11.1 Å². The Labute approximate surface area is 104 Å². The van der Waals surface area contributed by atoms with Crippen LogP contribution in [0.1, 0.15) is 4.88 Å². The second-order valence-electron chi connectivity index (χ2n) is 3.31. The van der Waals surface area contributed by atoms with E-state index in [0.29, 0.717) is 18.2 Å². The van der Waals surface area contributed by atoms with Crippen molar-refractivity contribution in [2.75, 3.05) is 37.6 Å². The van der Waals surface area contributed by atoms with Gasteiger partial charge in [0.05, 0.1) is 12.3 Å². The van der Waals surface area contributed by atoms with Crippen molar-refractivity contribution in [1.29, 1.82) is 5.26 Å². The van der Waals surface area contributed by atoms with Gasteiger partial charge in [-0.25, -0.2) is 8.42 Å². The number of nitrogen functional groups attached to an aromatic ring is 1. The number of methoxy groups -OCH3 is 1. The second-order valence-corrected chi connectivity index (χ2v) is 6.28. The molecule has 0 aliphatic heterocycles. The van der Waals surface area contributed by atoms with Gasteiger partial charge in [-0.2, -0.15) is 5.26 Å². The van der Waals surface area contributed by atoms with Gasteiger partial charge in [0.15, 0.2) is 9.84 Å². The average Bonchev–Trinajstić information content (AvgIpc) is 2.54. The largest absolute Gasteiger partial charge is 0.396 e. The van der Waals surface area contributed by atoms with Gasteiger partial charge in [-0.3, -0.25) is 0 Å². The van der Waals surface area contributed by atoms with Gasteiger partial charge in [0.2, 0.25) is 0 Å². The number of nitrogens with zero attached hydrogens (tertiary/aromatic N) is 1. The number of thiophene rings is 1. The number of nitrogens with two attached hydrogens (primary N) is 1. The van der Waals surface area contributed by atoms with Crippen molar-refractivity contribution >= 4 is 31.9 Å². The highest BCUT2D eigenvalue weighted by molar-refractivity contribution is 7.91. The molecule has 3 N–H and O–H groups in total. The Bertz CT molecular complexity index is 543. The number of nitriles is 1. The van der Waals surface area contributed by atoms with Crippen molar-refractivity contribution in [1.82, 2.24) is 0 Å². The molecular weight excluding hydrogens is 262 g/mol.